The molecule has 2 aromatic carbocycles. The second kappa shape index (κ2) is 8.84. The first-order valence-electron chi connectivity index (χ1n) is 7.83. The standard InChI is InChI=1S/C18H16F3N3O3/c19-18(20,21)17(27)23-10-12-6-8-14(9-7-12)24-15(25)11-22-16(26)13-4-2-1-3-5-13/h1-9H,10-11H2,(H,22,26)(H,23,27)(H,24,25). The minimum Gasteiger partial charge on any atom is -0.344 e. The lowest BCUT2D eigenvalue weighted by Gasteiger charge is -2.09. The predicted molar refractivity (Wildman–Crippen MR) is 91.7 cm³/mol. The highest BCUT2D eigenvalue weighted by Gasteiger charge is 2.38. The van der Waals surface area contributed by atoms with Gasteiger partial charge >= 0.3 is 12.1 Å². The van der Waals surface area contributed by atoms with Crippen molar-refractivity contribution in [2.45, 2.75) is 12.7 Å². The van der Waals surface area contributed by atoms with Gasteiger partial charge in [0.1, 0.15) is 0 Å². The Kier molecular flexibility index (Phi) is 6.53. The summed E-state index contributed by atoms with van der Waals surface area (Å²) in [6, 6.07) is 14.3. The molecule has 0 heterocycles. The van der Waals surface area contributed by atoms with E-state index >= 15 is 0 Å². The summed E-state index contributed by atoms with van der Waals surface area (Å²) in [6.45, 7) is -0.531. The van der Waals surface area contributed by atoms with Crippen molar-refractivity contribution >= 4 is 23.4 Å². The zero-order valence-corrected chi connectivity index (χ0v) is 14.0. The molecule has 0 aliphatic heterocycles. The van der Waals surface area contributed by atoms with Crippen LogP contribution in [0.25, 0.3) is 0 Å². The third kappa shape index (κ3) is 6.46. The highest BCUT2D eigenvalue weighted by atomic mass is 19.4. The van der Waals surface area contributed by atoms with Crippen LogP contribution in [0, 0.1) is 0 Å². The van der Waals surface area contributed by atoms with Gasteiger partial charge in [-0.2, -0.15) is 13.2 Å². The Morgan fingerprint density at radius 2 is 1.48 bits per heavy atom. The summed E-state index contributed by atoms with van der Waals surface area (Å²) >= 11 is 0. The van der Waals surface area contributed by atoms with Crippen molar-refractivity contribution in [3.05, 3.63) is 65.7 Å². The Balaban J connectivity index is 1.79. The van der Waals surface area contributed by atoms with Crippen LogP contribution in [-0.2, 0) is 16.1 Å². The van der Waals surface area contributed by atoms with Gasteiger partial charge in [-0.05, 0) is 29.8 Å². The molecule has 0 fully saturated rings. The molecule has 0 aromatic heterocycles. The minimum atomic E-state index is -4.93. The number of hydrogen-bond donors (Lipinski definition) is 3. The number of alkyl halides is 3. The molecule has 0 unspecified atom stereocenters. The third-order valence-electron chi connectivity index (χ3n) is 3.39. The van der Waals surface area contributed by atoms with E-state index in [-0.39, 0.29) is 19.0 Å². The summed E-state index contributed by atoms with van der Waals surface area (Å²) in [7, 11) is 0. The van der Waals surface area contributed by atoms with E-state index in [0.29, 0.717) is 16.8 Å². The molecule has 0 radical (unpaired) electrons. The molecular weight excluding hydrogens is 363 g/mol. The fraction of sp³-hybridized carbons (Fsp3) is 0.167. The third-order valence-corrected chi connectivity index (χ3v) is 3.39. The first-order valence-corrected chi connectivity index (χ1v) is 7.83. The average molecular weight is 379 g/mol. The van der Waals surface area contributed by atoms with Crippen molar-refractivity contribution in [2.75, 3.05) is 11.9 Å². The van der Waals surface area contributed by atoms with E-state index in [1.807, 2.05) is 0 Å². The summed E-state index contributed by atoms with van der Waals surface area (Å²) in [5.74, 6) is -2.87. The Hall–Kier alpha value is -3.36. The van der Waals surface area contributed by atoms with Gasteiger partial charge < -0.3 is 16.0 Å². The number of amides is 3. The van der Waals surface area contributed by atoms with Crippen LogP contribution in [-0.4, -0.2) is 30.4 Å². The van der Waals surface area contributed by atoms with Crippen LogP contribution in [0.4, 0.5) is 18.9 Å². The minimum absolute atomic E-state index is 0.239. The maximum atomic E-state index is 12.1. The predicted octanol–water partition coefficient (Wildman–Crippen LogP) is 2.23. The van der Waals surface area contributed by atoms with Crippen molar-refractivity contribution in [1.82, 2.24) is 10.6 Å². The van der Waals surface area contributed by atoms with Gasteiger partial charge in [0, 0.05) is 17.8 Å². The van der Waals surface area contributed by atoms with Crippen LogP contribution in [0.3, 0.4) is 0 Å². The summed E-state index contributed by atoms with van der Waals surface area (Å²) in [5.41, 5.74) is 1.26. The summed E-state index contributed by atoms with van der Waals surface area (Å²) in [6.07, 6.45) is -4.93. The monoisotopic (exact) mass is 379 g/mol. The van der Waals surface area contributed by atoms with E-state index in [1.54, 1.807) is 35.6 Å². The number of benzene rings is 2. The molecule has 2 rings (SSSR count). The fourth-order valence-corrected chi connectivity index (χ4v) is 2.05. The number of carbonyl (C=O) groups excluding carboxylic acids is 3. The quantitative estimate of drug-likeness (QED) is 0.719. The zero-order valence-electron chi connectivity index (χ0n) is 14.0. The van der Waals surface area contributed by atoms with Crippen LogP contribution < -0.4 is 16.0 Å². The first-order chi connectivity index (χ1) is 12.8. The van der Waals surface area contributed by atoms with Crippen LogP contribution >= 0.6 is 0 Å². The van der Waals surface area contributed by atoms with E-state index in [9.17, 15) is 27.6 Å². The Morgan fingerprint density at radius 1 is 0.852 bits per heavy atom. The summed E-state index contributed by atoms with van der Waals surface area (Å²) < 4.78 is 36.3. The lowest BCUT2D eigenvalue weighted by molar-refractivity contribution is -0.173. The van der Waals surface area contributed by atoms with Crippen LogP contribution in [0.15, 0.2) is 54.6 Å². The summed E-state index contributed by atoms with van der Waals surface area (Å²) in [5, 5.41) is 6.77. The molecule has 3 N–H and O–H groups in total. The van der Waals surface area contributed by atoms with Crippen LogP contribution in [0.5, 0.6) is 0 Å². The maximum absolute atomic E-state index is 12.1. The highest BCUT2D eigenvalue weighted by Crippen LogP contribution is 2.15. The van der Waals surface area contributed by atoms with Crippen molar-refractivity contribution in [3.8, 4) is 0 Å². The fourth-order valence-electron chi connectivity index (χ4n) is 2.05. The van der Waals surface area contributed by atoms with Gasteiger partial charge in [0.15, 0.2) is 0 Å². The van der Waals surface area contributed by atoms with Crippen LogP contribution in [0.2, 0.25) is 0 Å². The molecule has 6 nitrogen and oxygen atoms in total. The van der Waals surface area contributed by atoms with Crippen molar-refractivity contribution in [2.24, 2.45) is 0 Å². The zero-order chi connectivity index (χ0) is 19.9. The molecule has 9 heteroatoms. The SMILES string of the molecule is O=C(CNC(=O)c1ccccc1)Nc1ccc(CNC(=O)C(F)(F)F)cc1. The van der Waals surface area contributed by atoms with E-state index in [0.717, 1.165) is 0 Å². The highest BCUT2D eigenvalue weighted by molar-refractivity contribution is 5.99. The normalized spacial score (nSPS) is 10.8. The topological polar surface area (TPSA) is 87.3 Å². The number of hydrogen-bond acceptors (Lipinski definition) is 3. The molecule has 142 valence electrons. The number of carbonyl (C=O) groups is 3. The van der Waals surface area contributed by atoms with Gasteiger partial charge in [0.25, 0.3) is 5.91 Å². The van der Waals surface area contributed by atoms with Gasteiger partial charge in [-0.1, -0.05) is 30.3 Å². The van der Waals surface area contributed by atoms with E-state index in [2.05, 4.69) is 10.6 Å². The molecular formula is C18H16F3N3O3. The number of halogens is 3. The smallest absolute Gasteiger partial charge is 0.344 e. The van der Waals surface area contributed by atoms with Gasteiger partial charge in [0.05, 0.1) is 6.54 Å². The number of anilines is 1. The molecule has 2 aromatic rings. The molecule has 0 saturated heterocycles. The Labute approximate surface area is 152 Å². The van der Waals surface area contributed by atoms with Crippen molar-refractivity contribution < 1.29 is 27.6 Å². The molecule has 0 atom stereocenters. The van der Waals surface area contributed by atoms with Gasteiger partial charge in [0.2, 0.25) is 5.91 Å². The molecule has 3 amide bonds. The molecule has 0 saturated carbocycles. The van der Waals surface area contributed by atoms with E-state index < -0.39 is 18.0 Å². The average Bonchev–Trinajstić information content (AvgIpc) is 2.65. The van der Waals surface area contributed by atoms with Crippen molar-refractivity contribution in [1.29, 1.82) is 0 Å². The Bertz CT molecular complexity index is 806. The van der Waals surface area contributed by atoms with Gasteiger partial charge in [-0.3, -0.25) is 14.4 Å². The van der Waals surface area contributed by atoms with Crippen molar-refractivity contribution in [3.63, 3.8) is 0 Å². The molecule has 0 aliphatic carbocycles. The first kappa shape index (κ1) is 20.0. The molecule has 0 bridgehead atoms. The molecule has 27 heavy (non-hydrogen) atoms. The molecule has 0 spiro atoms. The lowest BCUT2D eigenvalue weighted by atomic mass is 10.2. The van der Waals surface area contributed by atoms with Gasteiger partial charge in [-0.15, -0.1) is 0 Å². The second-order valence-corrected chi connectivity index (χ2v) is 5.47. The van der Waals surface area contributed by atoms with E-state index in [1.165, 1.54) is 24.3 Å². The lowest BCUT2D eigenvalue weighted by Crippen LogP contribution is -2.36. The van der Waals surface area contributed by atoms with Crippen LogP contribution in [0.1, 0.15) is 15.9 Å². The molecule has 0 aliphatic rings. The maximum Gasteiger partial charge on any atom is 0.471 e. The summed E-state index contributed by atoms with van der Waals surface area (Å²) in [4.78, 5) is 34.4. The van der Waals surface area contributed by atoms with E-state index in [4.69, 9.17) is 0 Å². The largest absolute Gasteiger partial charge is 0.471 e. The second-order valence-electron chi connectivity index (χ2n) is 5.47. The number of rotatable bonds is 6. The van der Waals surface area contributed by atoms with Gasteiger partial charge in [-0.25, -0.2) is 0 Å². The number of nitrogens with one attached hydrogen (secondary N) is 3. The Morgan fingerprint density at radius 3 is 2.07 bits per heavy atom.